The molecular formula is C25H29N3O3. The third kappa shape index (κ3) is 4.08. The summed E-state index contributed by atoms with van der Waals surface area (Å²) in [6.07, 6.45) is 0. The lowest BCUT2D eigenvalue weighted by Crippen LogP contribution is -2.47. The number of amides is 2. The van der Waals surface area contributed by atoms with Crippen LogP contribution in [0.1, 0.15) is 25.0 Å². The number of piperazine rings is 1. The molecule has 0 aliphatic carbocycles. The SMILES string of the molecule is CCOc1ccc(N2C(=O)C(c3ccc(C)cc3)=C(N3CCN(CC)CC3)C2=O)cc1. The third-order valence-electron chi connectivity index (χ3n) is 5.94. The van der Waals surface area contributed by atoms with Crippen LogP contribution in [0.2, 0.25) is 0 Å². The summed E-state index contributed by atoms with van der Waals surface area (Å²) in [7, 11) is 0. The van der Waals surface area contributed by atoms with Gasteiger partial charge in [0.2, 0.25) is 0 Å². The first-order valence-corrected chi connectivity index (χ1v) is 10.9. The predicted molar refractivity (Wildman–Crippen MR) is 122 cm³/mol. The summed E-state index contributed by atoms with van der Waals surface area (Å²) in [4.78, 5) is 32.9. The number of hydrogen-bond donors (Lipinski definition) is 0. The Morgan fingerprint density at radius 2 is 1.48 bits per heavy atom. The largest absolute Gasteiger partial charge is 0.494 e. The lowest BCUT2D eigenvalue weighted by molar-refractivity contribution is -0.120. The number of hydrogen-bond acceptors (Lipinski definition) is 5. The predicted octanol–water partition coefficient (Wildman–Crippen LogP) is 3.32. The number of rotatable bonds is 6. The van der Waals surface area contributed by atoms with Crippen molar-refractivity contribution in [2.75, 3.05) is 44.2 Å². The van der Waals surface area contributed by atoms with Gasteiger partial charge >= 0.3 is 0 Å². The van der Waals surface area contributed by atoms with E-state index in [1.807, 2.05) is 38.1 Å². The van der Waals surface area contributed by atoms with E-state index in [-0.39, 0.29) is 11.8 Å². The lowest BCUT2D eigenvalue weighted by Gasteiger charge is -2.36. The summed E-state index contributed by atoms with van der Waals surface area (Å²) in [5.41, 5.74) is 3.46. The van der Waals surface area contributed by atoms with Crippen molar-refractivity contribution in [3.05, 3.63) is 65.4 Å². The van der Waals surface area contributed by atoms with Crippen LogP contribution in [0.5, 0.6) is 5.75 Å². The van der Waals surface area contributed by atoms with E-state index in [4.69, 9.17) is 4.74 Å². The van der Waals surface area contributed by atoms with Crippen molar-refractivity contribution in [1.82, 2.24) is 9.80 Å². The molecule has 2 heterocycles. The van der Waals surface area contributed by atoms with Gasteiger partial charge in [0.05, 0.1) is 17.9 Å². The van der Waals surface area contributed by atoms with Gasteiger partial charge < -0.3 is 14.5 Å². The molecule has 2 aromatic rings. The monoisotopic (exact) mass is 419 g/mol. The zero-order valence-electron chi connectivity index (χ0n) is 18.4. The summed E-state index contributed by atoms with van der Waals surface area (Å²) >= 11 is 0. The number of aryl methyl sites for hydroxylation is 1. The topological polar surface area (TPSA) is 53.1 Å². The van der Waals surface area contributed by atoms with E-state index in [0.717, 1.165) is 43.9 Å². The Morgan fingerprint density at radius 1 is 0.839 bits per heavy atom. The van der Waals surface area contributed by atoms with E-state index in [0.29, 0.717) is 29.3 Å². The Hall–Kier alpha value is -3.12. The molecule has 2 aromatic carbocycles. The van der Waals surface area contributed by atoms with E-state index in [1.165, 1.54) is 4.90 Å². The molecule has 0 aromatic heterocycles. The van der Waals surface area contributed by atoms with Crippen molar-refractivity contribution in [2.45, 2.75) is 20.8 Å². The van der Waals surface area contributed by atoms with Gasteiger partial charge in [-0.15, -0.1) is 0 Å². The standard InChI is InChI=1S/C25H29N3O3/c1-4-26-14-16-27(17-15-26)23-22(19-8-6-18(3)7-9-19)24(29)28(25(23)30)20-10-12-21(13-11-20)31-5-2/h6-13H,4-5,14-17H2,1-3H3. The van der Waals surface area contributed by atoms with Crippen molar-refractivity contribution in [3.8, 4) is 5.75 Å². The molecule has 1 saturated heterocycles. The summed E-state index contributed by atoms with van der Waals surface area (Å²) in [5.74, 6) is 0.189. The third-order valence-corrected chi connectivity index (χ3v) is 5.94. The fourth-order valence-electron chi connectivity index (χ4n) is 4.17. The van der Waals surface area contributed by atoms with Gasteiger partial charge in [0.15, 0.2) is 0 Å². The van der Waals surface area contributed by atoms with Gasteiger partial charge in [-0.1, -0.05) is 36.8 Å². The molecule has 0 bridgehead atoms. The van der Waals surface area contributed by atoms with Gasteiger partial charge in [-0.3, -0.25) is 9.59 Å². The average Bonchev–Trinajstić information content (AvgIpc) is 3.05. The normalized spacial score (nSPS) is 17.6. The van der Waals surface area contributed by atoms with Crippen molar-refractivity contribution >= 4 is 23.1 Å². The van der Waals surface area contributed by atoms with Crippen molar-refractivity contribution in [1.29, 1.82) is 0 Å². The summed E-state index contributed by atoms with van der Waals surface area (Å²) < 4.78 is 5.50. The number of carbonyl (C=O) groups excluding carboxylic acids is 2. The van der Waals surface area contributed by atoms with Gasteiger partial charge in [-0.2, -0.15) is 0 Å². The van der Waals surface area contributed by atoms with Crippen LogP contribution < -0.4 is 9.64 Å². The highest BCUT2D eigenvalue weighted by atomic mass is 16.5. The van der Waals surface area contributed by atoms with Crippen LogP contribution in [0, 0.1) is 6.92 Å². The molecule has 2 amide bonds. The quantitative estimate of drug-likeness (QED) is 0.673. The van der Waals surface area contributed by atoms with Crippen molar-refractivity contribution in [3.63, 3.8) is 0 Å². The Bertz CT molecular complexity index is 988. The minimum Gasteiger partial charge on any atom is -0.494 e. The van der Waals surface area contributed by atoms with Crippen LogP contribution in [0.3, 0.4) is 0 Å². The molecule has 0 radical (unpaired) electrons. The van der Waals surface area contributed by atoms with Crippen LogP contribution in [-0.4, -0.2) is 60.9 Å². The number of nitrogens with zero attached hydrogens (tertiary/aromatic N) is 3. The lowest BCUT2D eigenvalue weighted by atomic mass is 10.0. The van der Waals surface area contributed by atoms with Crippen LogP contribution in [0.25, 0.3) is 5.57 Å². The highest BCUT2D eigenvalue weighted by Crippen LogP contribution is 2.35. The number of ether oxygens (including phenoxy) is 1. The highest BCUT2D eigenvalue weighted by Gasteiger charge is 2.43. The van der Waals surface area contributed by atoms with Gasteiger partial charge in [0.1, 0.15) is 11.4 Å². The van der Waals surface area contributed by atoms with E-state index in [1.54, 1.807) is 24.3 Å². The number of imide groups is 1. The molecule has 0 saturated carbocycles. The molecule has 0 N–H and O–H groups in total. The minimum atomic E-state index is -0.272. The zero-order valence-corrected chi connectivity index (χ0v) is 18.4. The molecule has 0 atom stereocenters. The Balaban J connectivity index is 1.72. The van der Waals surface area contributed by atoms with Gasteiger partial charge in [0.25, 0.3) is 11.8 Å². The molecule has 0 spiro atoms. The van der Waals surface area contributed by atoms with Gasteiger partial charge in [-0.05, 0) is 50.2 Å². The van der Waals surface area contributed by atoms with E-state index < -0.39 is 0 Å². The summed E-state index contributed by atoms with van der Waals surface area (Å²) in [5, 5.41) is 0. The molecule has 2 aliphatic rings. The first kappa shape index (κ1) is 21.1. The molecule has 0 unspecified atom stereocenters. The van der Waals surface area contributed by atoms with E-state index >= 15 is 0 Å². The Morgan fingerprint density at radius 3 is 2.06 bits per heavy atom. The number of anilines is 1. The van der Waals surface area contributed by atoms with Crippen LogP contribution in [-0.2, 0) is 9.59 Å². The van der Waals surface area contributed by atoms with Crippen molar-refractivity contribution in [2.24, 2.45) is 0 Å². The fourth-order valence-corrected chi connectivity index (χ4v) is 4.17. The maximum Gasteiger partial charge on any atom is 0.282 e. The second kappa shape index (κ2) is 8.94. The maximum atomic E-state index is 13.6. The van der Waals surface area contributed by atoms with Gasteiger partial charge in [-0.25, -0.2) is 4.90 Å². The number of carbonyl (C=O) groups is 2. The second-order valence-corrected chi connectivity index (χ2v) is 7.88. The zero-order chi connectivity index (χ0) is 22.0. The summed E-state index contributed by atoms with van der Waals surface area (Å²) in [6.45, 7) is 10.8. The Kier molecular flexibility index (Phi) is 6.09. The minimum absolute atomic E-state index is 0.255. The van der Waals surface area contributed by atoms with Crippen LogP contribution in [0.4, 0.5) is 5.69 Å². The maximum absolute atomic E-state index is 13.6. The van der Waals surface area contributed by atoms with E-state index in [9.17, 15) is 9.59 Å². The fraction of sp³-hybridized carbons (Fsp3) is 0.360. The molecule has 6 heteroatoms. The first-order valence-electron chi connectivity index (χ1n) is 10.9. The summed E-state index contributed by atoms with van der Waals surface area (Å²) in [6, 6.07) is 14.9. The second-order valence-electron chi connectivity index (χ2n) is 7.88. The molecule has 6 nitrogen and oxygen atoms in total. The molecule has 162 valence electrons. The van der Waals surface area contributed by atoms with E-state index in [2.05, 4.69) is 16.7 Å². The van der Waals surface area contributed by atoms with Crippen LogP contribution >= 0.6 is 0 Å². The molecule has 31 heavy (non-hydrogen) atoms. The highest BCUT2D eigenvalue weighted by molar-refractivity contribution is 6.45. The molecule has 2 aliphatic heterocycles. The first-order chi connectivity index (χ1) is 15.0. The molecule has 1 fully saturated rings. The molecule has 4 rings (SSSR count). The van der Waals surface area contributed by atoms with Crippen LogP contribution in [0.15, 0.2) is 54.2 Å². The smallest absolute Gasteiger partial charge is 0.282 e. The average molecular weight is 420 g/mol. The Labute approximate surface area is 183 Å². The van der Waals surface area contributed by atoms with Gasteiger partial charge in [0, 0.05) is 26.2 Å². The van der Waals surface area contributed by atoms with Crippen molar-refractivity contribution < 1.29 is 14.3 Å². The number of likely N-dealkylation sites (N-methyl/N-ethyl adjacent to an activating group) is 1. The number of benzene rings is 2. The molecular weight excluding hydrogens is 390 g/mol.